The largest absolute Gasteiger partial charge is 0.354 e. The number of nitrogens with one attached hydrogen (secondary N) is 1. The third kappa shape index (κ3) is 5.00. The van der Waals surface area contributed by atoms with Crippen LogP contribution in [0, 0.1) is 0 Å². The van der Waals surface area contributed by atoms with Gasteiger partial charge >= 0.3 is 0 Å². The first-order chi connectivity index (χ1) is 10.5. The molecule has 5 nitrogen and oxygen atoms in total. The van der Waals surface area contributed by atoms with E-state index in [2.05, 4.69) is 5.32 Å². The summed E-state index contributed by atoms with van der Waals surface area (Å²) in [6.07, 6.45) is 3.48. The van der Waals surface area contributed by atoms with Crippen LogP contribution in [0.3, 0.4) is 0 Å². The van der Waals surface area contributed by atoms with E-state index < -0.39 is 16.1 Å². The summed E-state index contributed by atoms with van der Waals surface area (Å²) in [7, 11) is -3.33. The molecule has 1 unspecified atom stereocenters. The maximum absolute atomic E-state index is 12.2. The number of hydrogen-bond acceptors (Lipinski definition) is 4. The molecule has 2 rings (SSSR count). The van der Waals surface area contributed by atoms with Gasteiger partial charge in [0.2, 0.25) is 15.9 Å². The maximum atomic E-state index is 12.2. The molecule has 0 bridgehead atoms. The zero-order valence-electron chi connectivity index (χ0n) is 12.7. The lowest BCUT2D eigenvalue weighted by Gasteiger charge is -2.32. The number of carbonyl (C=O) groups is 1. The van der Waals surface area contributed by atoms with Crippen LogP contribution in [0.2, 0.25) is 0 Å². The van der Waals surface area contributed by atoms with Crippen molar-refractivity contribution in [2.75, 3.05) is 25.1 Å². The normalized spacial score (nSPS) is 19.8. The van der Waals surface area contributed by atoms with Gasteiger partial charge in [0.25, 0.3) is 0 Å². The Bertz CT molecular complexity index is 590. The van der Waals surface area contributed by atoms with Crippen LogP contribution in [0.25, 0.3) is 0 Å². The molecule has 1 saturated heterocycles. The van der Waals surface area contributed by atoms with Gasteiger partial charge in [-0.1, -0.05) is 24.6 Å². The molecule has 0 aromatic heterocycles. The van der Waals surface area contributed by atoms with Gasteiger partial charge in [0.15, 0.2) is 0 Å². The molecule has 1 aliphatic rings. The highest BCUT2D eigenvalue weighted by atomic mass is 32.2. The van der Waals surface area contributed by atoms with E-state index in [1.54, 1.807) is 11.8 Å². The van der Waals surface area contributed by atoms with E-state index in [0.717, 1.165) is 23.5 Å². The Kier molecular flexibility index (Phi) is 6.28. The molecule has 122 valence electrons. The van der Waals surface area contributed by atoms with Gasteiger partial charge in [-0.05, 0) is 25.0 Å². The fourth-order valence-electron chi connectivity index (χ4n) is 2.54. The van der Waals surface area contributed by atoms with Gasteiger partial charge in [-0.2, -0.15) is 4.31 Å². The van der Waals surface area contributed by atoms with Crippen LogP contribution in [0.1, 0.15) is 19.3 Å². The first-order valence-electron chi connectivity index (χ1n) is 7.41. The number of piperidine rings is 1. The second-order valence-electron chi connectivity index (χ2n) is 5.34. The number of benzene rings is 1. The monoisotopic (exact) mass is 342 g/mol. The van der Waals surface area contributed by atoms with Crippen molar-refractivity contribution in [3.63, 3.8) is 0 Å². The van der Waals surface area contributed by atoms with Gasteiger partial charge in [0.1, 0.15) is 6.04 Å². The highest BCUT2D eigenvalue weighted by Gasteiger charge is 2.34. The number of sulfonamides is 1. The molecular weight excluding hydrogens is 320 g/mol. The van der Waals surface area contributed by atoms with E-state index in [0.29, 0.717) is 19.5 Å². The number of hydrogen-bond donors (Lipinski definition) is 1. The van der Waals surface area contributed by atoms with Crippen LogP contribution in [-0.4, -0.2) is 49.8 Å². The smallest absolute Gasteiger partial charge is 0.238 e. The first kappa shape index (κ1) is 17.3. The van der Waals surface area contributed by atoms with E-state index in [4.69, 9.17) is 0 Å². The van der Waals surface area contributed by atoms with Crippen molar-refractivity contribution in [2.45, 2.75) is 30.2 Å². The lowest BCUT2D eigenvalue weighted by molar-refractivity contribution is -0.125. The summed E-state index contributed by atoms with van der Waals surface area (Å²) >= 11 is 1.67. The number of thioether (sulfide) groups is 1. The second kappa shape index (κ2) is 7.99. The van der Waals surface area contributed by atoms with E-state index in [1.807, 2.05) is 30.3 Å². The second-order valence-corrected chi connectivity index (χ2v) is 8.44. The van der Waals surface area contributed by atoms with Crippen LogP contribution in [0.5, 0.6) is 0 Å². The summed E-state index contributed by atoms with van der Waals surface area (Å²) in [6.45, 7) is 0.974. The number of nitrogens with zero attached hydrogens (tertiary/aromatic N) is 1. The van der Waals surface area contributed by atoms with Crippen LogP contribution >= 0.6 is 11.8 Å². The average molecular weight is 342 g/mol. The predicted molar refractivity (Wildman–Crippen MR) is 89.4 cm³/mol. The van der Waals surface area contributed by atoms with E-state index in [1.165, 1.54) is 10.6 Å². The zero-order chi connectivity index (χ0) is 16.0. The standard InChI is InChI=1S/C15H22N2O3S2/c1-22(19,20)17-11-6-5-9-14(17)15(18)16-10-12-21-13-7-3-2-4-8-13/h2-4,7-8,14H,5-6,9-12H2,1H3,(H,16,18). The number of rotatable bonds is 6. The SMILES string of the molecule is CS(=O)(=O)N1CCCCC1C(=O)NCCSc1ccccc1. The summed E-state index contributed by atoms with van der Waals surface area (Å²) in [6, 6.07) is 9.43. The summed E-state index contributed by atoms with van der Waals surface area (Å²) in [4.78, 5) is 13.4. The lowest BCUT2D eigenvalue weighted by atomic mass is 10.0. The van der Waals surface area contributed by atoms with Crippen LogP contribution in [0.15, 0.2) is 35.2 Å². The molecule has 1 fully saturated rings. The Morgan fingerprint density at radius 2 is 2.05 bits per heavy atom. The van der Waals surface area contributed by atoms with Gasteiger partial charge in [0.05, 0.1) is 6.26 Å². The van der Waals surface area contributed by atoms with Gasteiger partial charge in [-0.3, -0.25) is 4.79 Å². The van der Waals surface area contributed by atoms with Gasteiger partial charge < -0.3 is 5.32 Å². The molecule has 0 aliphatic carbocycles. The third-order valence-corrected chi connectivity index (χ3v) is 5.90. The molecule has 1 amide bonds. The summed E-state index contributed by atoms with van der Waals surface area (Å²) < 4.78 is 24.8. The van der Waals surface area contributed by atoms with Crippen molar-refractivity contribution in [3.05, 3.63) is 30.3 Å². The molecule has 7 heteroatoms. The highest BCUT2D eigenvalue weighted by molar-refractivity contribution is 7.99. The van der Waals surface area contributed by atoms with Crippen molar-refractivity contribution in [1.29, 1.82) is 0 Å². The molecule has 1 heterocycles. The lowest BCUT2D eigenvalue weighted by Crippen LogP contribution is -2.51. The molecule has 0 radical (unpaired) electrons. The Labute approximate surface area is 136 Å². The summed E-state index contributed by atoms with van der Waals surface area (Å²) in [5.41, 5.74) is 0. The zero-order valence-corrected chi connectivity index (χ0v) is 14.3. The molecule has 22 heavy (non-hydrogen) atoms. The fraction of sp³-hybridized carbons (Fsp3) is 0.533. The molecule has 1 atom stereocenters. The minimum absolute atomic E-state index is 0.182. The first-order valence-corrected chi connectivity index (χ1v) is 10.2. The average Bonchev–Trinajstić information content (AvgIpc) is 2.51. The van der Waals surface area contributed by atoms with Crippen LogP contribution < -0.4 is 5.32 Å². The van der Waals surface area contributed by atoms with Crippen molar-refractivity contribution in [1.82, 2.24) is 9.62 Å². The minimum atomic E-state index is -3.33. The van der Waals surface area contributed by atoms with Crippen molar-refractivity contribution in [2.24, 2.45) is 0 Å². The summed E-state index contributed by atoms with van der Waals surface area (Å²) in [5.74, 6) is 0.584. The molecule has 1 N–H and O–H groups in total. The predicted octanol–water partition coefficient (Wildman–Crippen LogP) is 1.71. The topological polar surface area (TPSA) is 66.5 Å². The molecule has 1 aromatic carbocycles. The van der Waals surface area contributed by atoms with Crippen molar-refractivity contribution >= 4 is 27.7 Å². The highest BCUT2D eigenvalue weighted by Crippen LogP contribution is 2.20. The summed E-state index contributed by atoms with van der Waals surface area (Å²) in [5, 5.41) is 2.86. The van der Waals surface area contributed by atoms with Gasteiger partial charge in [0, 0.05) is 23.7 Å². The van der Waals surface area contributed by atoms with Crippen LogP contribution in [-0.2, 0) is 14.8 Å². The Hall–Kier alpha value is -1.05. The van der Waals surface area contributed by atoms with E-state index in [9.17, 15) is 13.2 Å². The molecule has 1 aliphatic heterocycles. The van der Waals surface area contributed by atoms with Crippen LogP contribution in [0.4, 0.5) is 0 Å². The van der Waals surface area contributed by atoms with E-state index >= 15 is 0 Å². The quantitative estimate of drug-likeness (QED) is 0.631. The molecule has 0 saturated carbocycles. The Morgan fingerprint density at radius 1 is 1.32 bits per heavy atom. The minimum Gasteiger partial charge on any atom is -0.354 e. The number of carbonyl (C=O) groups excluding carboxylic acids is 1. The van der Waals surface area contributed by atoms with Gasteiger partial charge in [-0.15, -0.1) is 11.8 Å². The molecule has 0 spiro atoms. The van der Waals surface area contributed by atoms with Gasteiger partial charge in [-0.25, -0.2) is 8.42 Å². The maximum Gasteiger partial charge on any atom is 0.238 e. The van der Waals surface area contributed by atoms with Crippen molar-refractivity contribution < 1.29 is 13.2 Å². The van der Waals surface area contributed by atoms with E-state index in [-0.39, 0.29) is 5.91 Å². The van der Waals surface area contributed by atoms with Crippen molar-refractivity contribution in [3.8, 4) is 0 Å². The number of amides is 1. The molecular formula is C15H22N2O3S2. The molecule has 1 aromatic rings. The Balaban J connectivity index is 1.80. The third-order valence-electron chi connectivity index (χ3n) is 3.60. The fourth-order valence-corrected chi connectivity index (χ4v) is 4.46. The Morgan fingerprint density at radius 3 is 2.73 bits per heavy atom.